The third-order valence-electron chi connectivity index (χ3n) is 3.33. The fourth-order valence-corrected chi connectivity index (χ4v) is 2.61. The maximum atomic E-state index is 3.29. The predicted molar refractivity (Wildman–Crippen MR) is 61.8 cm³/mol. The second kappa shape index (κ2) is 2.96. The van der Waals surface area contributed by atoms with Crippen molar-refractivity contribution < 1.29 is 0 Å². The molecule has 72 valence electrons. The standard InChI is InChI=1S/C15H12/c1-10-6-5-9-14-13-8-4-3-7-12(13)11(2)15(10)14/h4-5,7-9,11H,1-2H3. The first-order valence-corrected chi connectivity index (χ1v) is 5.30. The lowest BCUT2D eigenvalue weighted by Gasteiger charge is -2.08. The maximum Gasteiger partial charge on any atom is 0.00763 e. The number of hydrogen-bond acceptors (Lipinski definition) is 0. The molecule has 2 aromatic carbocycles. The molecule has 0 nitrogen and oxygen atoms in total. The van der Waals surface area contributed by atoms with Crippen LogP contribution in [-0.2, 0) is 0 Å². The Labute approximate surface area is 90.6 Å². The van der Waals surface area contributed by atoms with Crippen molar-refractivity contribution in [3.63, 3.8) is 0 Å². The molecule has 0 aliphatic heterocycles. The Morgan fingerprint density at radius 3 is 2.80 bits per heavy atom. The summed E-state index contributed by atoms with van der Waals surface area (Å²) >= 11 is 0. The lowest BCUT2D eigenvalue weighted by Crippen LogP contribution is -1.92. The minimum Gasteiger partial charge on any atom is -0.0542 e. The number of fused-ring (bicyclic) bond motifs is 3. The Balaban J connectivity index is 2.37. The first kappa shape index (κ1) is 8.72. The van der Waals surface area contributed by atoms with Gasteiger partial charge in [-0.1, -0.05) is 31.2 Å². The largest absolute Gasteiger partial charge is 0.0542 e. The normalized spacial score (nSPS) is 17.3. The van der Waals surface area contributed by atoms with Crippen molar-refractivity contribution >= 4 is 0 Å². The van der Waals surface area contributed by atoms with Gasteiger partial charge < -0.3 is 0 Å². The smallest absolute Gasteiger partial charge is 0.00763 e. The van der Waals surface area contributed by atoms with Gasteiger partial charge in [-0.2, -0.15) is 0 Å². The SMILES string of the molecule is Cc1[c]ccc2c1C(C)c1c[c]ccc1-2. The molecule has 0 aromatic heterocycles. The molecule has 0 saturated carbocycles. The molecule has 0 bridgehead atoms. The third-order valence-corrected chi connectivity index (χ3v) is 3.33. The fourth-order valence-electron chi connectivity index (χ4n) is 2.61. The van der Waals surface area contributed by atoms with Gasteiger partial charge in [0.25, 0.3) is 0 Å². The molecule has 1 aliphatic rings. The molecule has 0 spiro atoms. The summed E-state index contributed by atoms with van der Waals surface area (Å²) in [5.74, 6) is 0.491. The van der Waals surface area contributed by atoms with Gasteiger partial charge in [-0.3, -0.25) is 0 Å². The van der Waals surface area contributed by atoms with E-state index in [1.54, 1.807) is 0 Å². The highest BCUT2D eigenvalue weighted by Gasteiger charge is 2.25. The van der Waals surface area contributed by atoms with Crippen LogP contribution in [0.15, 0.2) is 30.3 Å². The Kier molecular flexibility index (Phi) is 1.72. The van der Waals surface area contributed by atoms with Crippen molar-refractivity contribution in [1.29, 1.82) is 0 Å². The van der Waals surface area contributed by atoms with E-state index in [4.69, 9.17) is 0 Å². The van der Waals surface area contributed by atoms with Crippen molar-refractivity contribution in [2.75, 3.05) is 0 Å². The van der Waals surface area contributed by atoms with Gasteiger partial charge in [0.05, 0.1) is 0 Å². The molecule has 0 N–H and O–H groups in total. The van der Waals surface area contributed by atoms with Crippen molar-refractivity contribution in [2.45, 2.75) is 19.8 Å². The minimum absolute atomic E-state index is 0.491. The Hall–Kier alpha value is -1.56. The molecular weight excluding hydrogens is 180 g/mol. The Morgan fingerprint density at radius 2 is 1.93 bits per heavy atom. The van der Waals surface area contributed by atoms with E-state index >= 15 is 0 Å². The fraction of sp³-hybridized carbons (Fsp3) is 0.200. The minimum atomic E-state index is 0.491. The molecule has 0 heterocycles. The van der Waals surface area contributed by atoms with E-state index < -0.39 is 0 Å². The van der Waals surface area contributed by atoms with Crippen molar-refractivity contribution in [3.05, 3.63) is 59.2 Å². The number of hydrogen-bond donors (Lipinski definition) is 0. The summed E-state index contributed by atoms with van der Waals surface area (Å²) in [6, 6.07) is 16.9. The zero-order chi connectivity index (χ0) is 10.4. The van der Waals surface area contributed by atoms with Gasteiger partial charge >= 0.3 is 0 Å². The lowest BCUT2D eigenvalue weighted by atomic mass is 9.95. The molecule has 2 radical (unpaired) electrons. The molecule has 1 atom stereocenters. The van der Waals surface area contributed by atoms with E-state index in [0.717, 1.165) is 0 Å². The van der Waals surface area contributed by atoms with E-state index in [0.29, 0.717) is 5.92 Å². The third kappa shape index (κ3) is 1.08. The van der Waals surface area contributed by atoms with E-state index in [2.05, 4.69) is 44.2 Å². The van der Waals surface area contributed by atoms with Gasteiger partial charge in [0.15, 0.2) is 0 Å². The second-order valence-corrected chi connectivity index (χ2v) is 4.17. The van der Waals surface area contributed by atoms with Gasteiger partial charge in [-0.15, -0.1) is 0 Å². The summed E-state index contributed by atoms with van der Waals surface area (Å²) < 4.78 is 0. The maximum absolute atomic E-state index is 3.29. The zero-order valence-corrected chi connectivity index (χ0v) is 8.96. The summed E-state index contributed by atoms with van der Waals surface area (Å²) in [4.78, 5) is 0. The summed E-state index contributed by atoms with van der Waals surface area (Å²) in [7, 11) is 0. The molecule has 1 aliphatic carbocycles. The van der Waals surface area contributed by atoms with Gasteiger partial charge in [-0.25, -0.2) is 0 Å². The average Bonchev–Trinajstić information content (AvgIpc) is 2.55. The molecule has 0 saturated heterocycles. The highest BCUT2D eigenvalue weighted by Crippen LogP contribution is 2.45. The molecule has 0 amide bonds. The summed E-state index contributed by atoms with van der Waals surface area (Å²) in [5.41, 5.74) is 6.86. The van der Waals surface area contributed by atoms with Crippen LogP contribution in [0.25, 0.3) is 11.1 Å². The van der Waals surface area contributed by atoms with Crippen molar-refractivity contribution in [2.24, 2.45) is 0 Å². The number of benzene rings is 2. The van der Waals surface area contributed by atoms with E-state index in [1.165, 1.54) is 27.8 Å². The highest BCUT2D eigenvalue weighted by atomic mass is 14.3. The quantitative estimate of drug-likeness (QED) is 0.596. The van der Waals surface area contributed by atoms with E-state index in [9.17, 15) is 0 Å². The monoisotopic (exact) mass is 192 g/mol. The van der Waals surface area contributed by atoms with Crippen LogP contribution in [0.1, 0.15) is 29.5 Å². The summed E-state index contributed by atoms with van der Waals surface area (Å²) in [5, 5.41) is 0. The lowest BCUT2D eigenvalue weighted by molar-refractivity contribution is 0.943. The molecule has 0 heteroatoms. The summed E-state index contributed by atoms with van der Waals surface area (Å²) in [6.07, 6.45) is 0. The molecule has 3 rings (SSSR count). The van der Waals surface area contributed by atoms with Crippen LogP contribution in [0, 0.1) is 19.1 Å². The number of rotatable bonds is 0. The average molecular weight is 192 g/mol. The van der Waals surface area contributed by atoms with Gasteiger partial charge in [0, 0.05) is 5.92 Å². The van der Waals surface area contributed by atoms with Gasteiger partial charge in [-0.05, 0) is 52.9 Å². The van der Waals surface area contributed by atoms with Crippen LogP contribution < -0.4 is 0 Å². The van der Waals surface area contributed by atoms with Crippen LogP contribution in [0.4, 0.5) is 0 Å². The van der Waals surface area contributed by atoms with Gasteiger partial charge in [0.2, 0.25) is 0 Å². The molecular formula is C15H12. The van der Waals surface area contributed by atoms with Crippen LogP contribution in [0.5, 0.6) is 0 Å². The Morgan fingerprint density at radius 1 is 1.13 bits per heavy atom. The van der Waals surface area contributed by atoms with Crippen molar-refractivity contribution in [1.82, 2.24) is 0 Å². The van der Waals surface area contributed by atoms with Crippen LogP contribution in [0.2, 0.25) is 0 Å². The van der Waals surface area contributed by atoms with Gasteiger partial charge in [0.1, 0.15) is 0 Å². The van der Waals surface area contributed by atoms with E-state index in [1.807, 2.05) is 12.1 Å². The second-order valence-electron chi connectivity index (χ2n) is 4.17. The first-order valence-electron chi connectivity index (χ1n) is 5.30. The first-order chi connectivity index (χ1) is 7.29. The Bertz CT molecular complexity index is 523. The molecule has 2 aromatic rings. The topological polar surface area (TPSA) is 0 Å². The highest BCUT2D eigenvalue weighted by molar-refractivity contribution is 5.79. The van der Waals surface area contributed by atoms with Crippen molar-refractivity contribution in [3.8, 4) is 11.1 Å². The van der Waals surface area contributed by atoms with Crippen LogP contribution >= 0.6 is 0 Å². The van der Waals surface area contributed by atoms with Crippen LogP contribution in [0.3, 0.4) is 0 Å². The predicted octanol–water partition coefficient (Wildman–Crippen LogP) is 3.73. The van der Waals surface area contributed by atoms with Crippen LogP contribution in [-0.4, -0.2) is 0 Å². The number of aryl methyl sites for hydroxylation is 1. The molecule has 1 unspecified atom stereocenters. The summed E-state index contributed by atoms with van der Waals surface area (Å²) in [6.45, 7) is 4.41. The zero-order valence-electron chi connectivity index (χ0n) is 8.96. The molecule has 15 heavy (non-hydrogen) atoms. The van der Waals surface area contributed by atoms with E-state index in [-0.39, 0.29) is 0 Å². The molecule has 0 fully saturated rings.